The van der Waals surface area contributed by atoms with Gasteiger partial charge in [-0.05, 0) is 42.0 Å². The Morgan fingerprint density at radius 3 is 2.47 bits per heavy atom. The number of furan rings is 1. The molecular formula is C15H9BrCl2O. The maximum Gasteiger partial charge on any atom is 0.134 e. The van der Waals surface area contributed by atoms with E-state index < -0.39 is 0 Å². The van der Waals surface area contributed by atoms with Crippen molar-refractivity contribution in [1.82, 2.24) is 0 Å². The van der Waals surface area contributed by atoms with Crippen molar-refractivity contribution in [3.05, 3.63) is 69.3 Å². The second kappa shape index (κ2) is 5.20. The monoisotopic (exact) mass is 354 g/mol. The summed E-state index contributed by atoms with van der Waals surface area (Å²) in [5.74, 6) is 0.733. The highest BCUT2D eigenvalue weighted by Crippen LogP contribution is 2.34. The summed E-state index contributed by atoms with van der Waals surface area (Å²) >= 11 is 15.8. The third-order valence-electron chi connectivity index (χ3n) is 2.91. The Hall–Kier alpha value is -0.960. The number of hydrogen-bond donors (Lipinski definition) is 0. The molecule has 1 heterocycles. The van der Waals surface area contributed by atoms with Crippen LogP contribution in [0.25, 0.3) is 11.0 Å². The summed E-state index contributed by atoms with van der Waals surface area (Å²) in [5.41, 5.74) is 1.79. The lowest BCUT2D eigenvalue weighted by Crippen LogP contribution is -1.90. The van der Waals surface area contributed by atoms with Crippen molar-refractivity contribution in [1.29, 1.82) is 0 Å². The van der Waals surface area contributed by atoms with Gasteiger partial charge in [0.1, 0.15) is 16.7 Å². The van der Waals surface area contributed by atoms with E-state index in [0.717, 1.165) is 26.8 Å². The molecule has 2 aromatic carbocycles. The Morgan fingerprint density at radius 2 is 1.74 bits per heavy atom. The molecule has 0 aliphatic rings. The minimum absolute atomic E-state index is 0.316. The number of benzene rings is 2. The van der Waals surface area contributed by atoms with Crippen molar-refractivity contribution in [3.8, 4) is 0 Å². The molecule has 0 amide bonds. The Bertz CT molecular complexity index is 719. The van der Waals surface area contributed by atoms with Crippen LogP contribution in [0.15, 0.2) is 57.4 Å². The van der Waals surface area contributed by atoms with E-state index in [1.54, 1.807) is 0 Å². The molecule has 0 aliphatic carbocycles. The van der Waals surface area contributed by atoms with Crippen molar-refractivity contribution >= 4 is 50.1 Å². The quantitative estimate of drug-likeness (QED) is 0.500. The summed E-state index contributed by atoms with van der Waals surface area (Å²) in [7, 11) is 0. The van der Waals surface area contributed by atoms with E-state index in [-0.39, 0.29) is 5.38 Å². The lowest BCUT2D eigenvalue weighted by molar-refractivity contribution is 0.557. The van der Waals surface area contributed by atoms with Crippen LogP contribution in [0.1, 0.15) is 16.7 Å². The first kappa shape index (κ1) is 13.0. The van der Waals surface area contributed by atoms with Gasteiger partial charge in [0.25, 0.3) is 0 Å². The smallest absolute Gasteiger partial charge is 0.134 e. The van der Waals surface area contributed by atoms with Crippen LogP contribution < -0.4 is 0 Å². The van der Waals surface area contributed by atoms with Crippen molar-refractivity contribution < 1.29 is 4.42 Å². The highest BCUT2D eigenvalue weighted by atomic mass is 79.9. The normalized spacial score (nSPS) is 12.8. The Kier molecular flexibility index (Phi) is 3.57. The predicted molar refractivity (Wildman–Crippen MR) is 83.1 cm³/mol. The van der Waals surface area contributed by atoms with Crippen molar-refractivity contribution in [2.75, 3.05) is 0 Å². The fraction of sp³-hybridized carbons (Fsp3) is 0.0667. The van der Waals surface area contributed by atoms with Gasteiger partial charge in [-0.15, -0.1) is 11.6 Å². The van der Waals surface area contributed by atoms with E-state index in [0.29, 0.717) is 5.02 Å². The van der Waals surface area contributed by atoms with Crippen LogP contribution >= 0.6 is 39.1 Å². The lowest BCUT2D eigenvalue weighted by Gasteiger charge is -2.06. The third-order valence-corrected chi connectivity index (χ3v) is 4.12. The van der Waals surface area contributed by atoms with E-state index in [1.165, 1.54) is 0 Å². The van der Waals surface area contributed by atoms with Crippen molar-refractivity contribution in [2.45, 2.75) is 5.38 Å². The van der Waals surface area contributed by atoms with E-state index in [1.807, 2.05) is 48.5 Å². The van der Waals surface area contributed by atoms with Gasteiger partial charge in [0, 0.05) is 14.9 Å². The van der Waals surface area contributed by atoms with Gasteiger partial charge >= 0.3 is 0 Å². The van der Waals surface area contributed by atoms with E-state index in [9.17, 15) is 0 Å². The van der Waals surface area contributed by atoms with Crippen LogP contribution in [0.4, 0.5) is 0 Å². The highest BCUT2D eigenvalue weighted by molar-refractivity contribution is 9.10. The summed E-state index contributed by atoms with van der Waals surface area (Å²) in [4.78, 5) is 0. The fourth-order valence-electron chi connectivity index (χ4n) is 1.96. The molecule has 0 saturated carbocycles. The first-order chi connectivity index (χ1) is 9.13. The molecule has 96 valence electrons. The van der Waals surface area contributed by atoms with Crippen LogP contribution in [0.5, 0.6) is 0 Å². The zero-order valence-corrected chi connectivity index (χ0v) is 12.8. The van der Waals surface area contributed by atoms with Crippen LogP contribution in [0, 0.1) is 0 Å². The number of fused-ring (bicyclic) bond motifs is 1. The first-order valence-corrected chi connectivity index (χ1v) is 7.33. The number of halogens is 3. The molecule has 0 aliphatic heterocycles. The largest absolute Gasteiger partial charge is 0.459 e. The predicted octanol–water partition coefficient (Wildman–Crippen LogP) is 6.18. The topological polar surface area (TPSA) is 13.1 Å². The highest BCUT2D eigenvalue weighted by Gasteiger charge is 2.15. The second-order valence-electron chi connectivity index (χ2n) is 4.25. The number of hydrogen-bond acceptors (Lipinski definition) is 1. The summed E-state index contributed by atoms with van der Waals surface area (Å²) in [6.45, 7) is 0. The van der Waals surface area contributed by atoms with Gasteiger partial charge in [-0.2, -0.15) is 0 Å². The molecule has 0 N–H and O–H groups in total. The summed E-state index contributed by atoms with van der Waals surface area (Å²) < 4.78 is 6.80. The van der Waals surface area contributed by atoms with Crippen molar-refractivity contribution in [3.63, 3.8) is 0 Å². The Balaban J connectivity index is 2.01. The fourth-order valence-corrected chi connectivity index (χ4v) is 2.71. The third kappa shape index (κ3) is 2.66. The average Bonchev–Trinajstić information content (AvgIpc) is 2.81. The molecule has 1 atom stereocenters. The summed E-state index contributed by atoms with van der Waals surface area (Å²) in [5, 5.41) is 1.41. The zero-order valence-electron chi connectivity index (χ0n) is 9.74. The minimum atomic E-state index is -0.316. The molecule has 0 saturated heterocycles. The first-order valence-electron chi connectivity index (χ1n) is 5.72. The molecule has 3 rings (SSSR count). The second-order valence-corrected chi connectivity index (χ2v) is 6.03. The van der Waals surface area contributed by atoms with Gasteiger partial charge < -0.3 is 4.42 Å². The van der Waals surface area contributed by atoms with Crippen LogP contribution in [-0.4, -0.2) is 0 Å². The van der Waals surface area contributed by atoms with Crippen molar-refractivity contribution in [2.24, 2.45) is 0 Å². The van der Waals surface area contributed by atoms with E-state index in [4.69, 9.17) is 27.6 Å². The molecule has 1 aromatic heterocycles. The van der Waals surface area contributed by atoms with Gasteiger partial charge in [0.05, 0.1) is 0 Å². The van der Waals surface area contributed by atoms with Crippen LogP contribution in [0.3, 0.4) is 0 Å². The molecular weight excluding hydrogens is 347 g/mol. The Labute approximate surface area is 129 Å². The van der Waals surface area contributed by atoms with Gasteiger partial charge in [-0.1, -0.05) is 39.7 Å². The minimum Gasteiger partial charge on any atom is -0.459 e. The summed E-state index contributed by atoms with van der Waals surface area (Å²) in [6, 6.07) is 15.3. The number of rotatable bonds is 2. The SMILES string of the molecule is Clc1ccc(C(Cl)c2cc3cc(Br)ccc3o2)cc1. The maximum atomic E-state index is 6.45. The maximum absolute atomic E-state index is 6.45. The molecule has 3 aromatic rings. The number of alkyl halides is 1. The van der Waals surface area contributed by atoms with E-state index in [2.05, 4.69) is 15.9 Å². The summed E-state index contributed by atoms with van der Waals surface area (Å²) in [6.07, 6.45) is 0. The zero-order chi connectivity index (χ0) is 13.4. The standard InChI is InChI=1S/C15H9BrCl2O/c16-11-3-6-13-10(7-11)8-14(19-13)15(18)9-1-4-12(17)5-2-9/h1-8,15H. The molecule has 19 heavy (non-hydrogen) atoms. The van der Waals surface area contributed by atoms with Gasteiger partial charge in [-0.25, -0.2) is 0 Å². The van der Waals surface area contributed by atoms with Gasteiger partial charge in [0.15, 0.2) is 0 Å². The molecule has 4 heteroatoms. The van der Waals surface area contributed by atoms with Gasteiger partial charge in [0.2, 0.25) is 0 Å². The van der Waals surface area contributed by atoms with Crippen LogP contribution in [0.2, 0.25) is 5.02 Å². The average molecular weight is 356 g/mol. The molecule has 1 nitrogen and oxygen atoms in total. The van der Waals surface area contributed by atoms with Gasteiger partial charge in [-0.3, -0.25) is 0 Å². The molecule has 0 fully saturated rings. The Morgan fingerprint density at radius 1 is 1.00 bits per heavy atom. The van der Waals surface area contributed by atoms with E-state index >= 15 is 0 Å². The molecule has 0 bridgehead atoms. The molecule has 1 unspecified atom stereocenters. The van der Waals surface area contributed by atoms with Crippen LogP contribution in [-0.2, 0) is 0 Å². The lowest BCUT2D eigenvalue weighted by atomic mass is 10.1. The molecule has 0 radical (unpaired) electrons. The molecule has 0 spiro atoms.